The molecule has 0 heterocycles. The van der Waals surface area contributed by atoms with Crippen molar-refractivity contribution in [3.8, 4) is 5.75 Å². The molecule has 0 amide bonds. The predicted molar refractivity (Wildman–Crippen MR) is 109 cm³/mol. The molecule has 5 heteroatoms. The van der Waals surface area contributed by atoms with E-state index in [1.807, 2.05) is 0 Å². The number of hydrogen-bond acceptors (Lipinski definition) is 2. The molecule has 0 aliphatic heterocycles. The summed E-state index contributed by atoms with van der Waals surface area (Å²) in [5.74, 6) is 1.55. The maximum Gasteiger partial charge on any atom is 0.267 e. The van der Waals surface area contributed by atoms with E-state index in [0.29, 0.717) is 12.3 Å². The van der Waals surface area contributed by atoms with Crippen LogP contribution in [0, 0.1) is 29.5 Å². The first-order valence-corrected chi connectivity index (χ1v) is 11.3. The summed E-state index contributed by atoms with van der Waals surface area (Å²) in [6.45, 7) is 4.21. The van der Waals surface area contributed by atoms with Crippen molar-refractivity contribution in [2.75, 3.05) is 6.61 Å². The first-order valence-electron chi connectivity index (χ1n) is 11.3. The number of aliphatic hydroxyl groups is 1. The molecular weight excluding hydrogens is 377 g/mol. The highest BCUT2D eigenvalue weighted by atomic mass is 19.3. The van der Waals surface area contributed by atoms with Crippen LogP contribution >= 0.6 is 0 Å². The molecule has 1 aromatic rings. The van der Waals surface area contributed by atoms with Gasteiger partial charge in [0.15, 0.2) is 11.6 Å². The Morgan fingerprint density at radius 2 is 1.59 bits per heavy atom. The fourth-order valence-corrected chi connectivity index (χ4v) is 5.46. The summed E-state index contributed by atoms with van der Waals surface area (Å²) < 4.78 is 46.6. The molecule has 164 valence electrons. The molecule has 1 atom stereocenters. The van der Waals surface area contributed by atoms with Gasteiger partial charge in [-0.2, -0.15) is 0 Å². The Bertz CT molecular complexity index is 648. The van der Waals surface area contributed by atoms with Gasteiger partial charge in [-0.1, -0.05) is 38.7 Å². The number of hydrogen-bond donors (Lipinski definition) is 1. The monoisotopic (exact) mass is 412 g/mol. The number of ether oxygens (including phenoxy) is 1. The zero-order chi connectivity index (χ0) is 21.0. The second-order valence-electron chi connectivity index (χ2n) is 9.17. The molecule has 2 fully saturated rings. The van der Waals surface area contributed by atoms with E-state index in [4.69, 9.17) is 4.74 Å². The minimum Gasteiger partial charge on any atom is -0.491 e. The molecule has 0 bridgehead atoms. The molecule has 29 heavy (non-hydrogen) atoms. The summed E-state index contributed by atoms with van der Waals surface area (Å²) in [6.07, 6.45) is 6.09. The average Bonchev–Trinajstić information content (AvgIpc) is 2.70. The van der Waals surface area contributed by atoms with Crippen LogP contribution in [0.5, 0.6) is 5.75 Å². The van der Waals surface area contributed by atoms with E-state index in [1.54, 1.807) is 6.92 Å². The standard InChI is InChI=1S/C24H35F3O2/c1-3-29-21-13-12-19(22(23(21)25)24(26)27)20(28)14-16-6-10-18(11-7-16)17-8-4-15(2)5-9-17/h12-13,15-18,20,24,28H,3-11,14H2,1-2H3. The van der Waals surface area contributed by atoms with Crippen molar-refractivity contribution < 1.29 is 23.0 Å². The zero-order valence-corrected chi connectivity index (χ0v) is 17.7. The van der Waals surface area contributed by atoms with Gasteiger partial charge in [-0.25, -0.2) is 13.2 Å². The third-order valence-corrected chi connectivity index (χ3v) is 7.23. The molecule has 1 N–H and O–H groups in total. The third-order valence-electron chi connectivity index (χ3n) is 7.23. The molecule has 0 aromatic heterocycles. The van der Waals surface area contributed by atoms with Gasteiger partial charge >= 0.3 is 0 Å². The van der Waals surface area contributed by atoms with Gasteiger partial charge < -0.3 is 9.84 Å². The van der Waals surface area contributed by atoms with E-state index in [9.17, 15) is 18.3 Å². The van der Waals surface area contributed by atoms with Gasteiger partial charge in [-0.15, -0.1) is 0 Å². The lowest BCUT2D eigenvalue weighted by molar-refractivity contribution is 0.0950. The van der Waals surface area contributed by atoms with Crippen LogP contribution in [-0.2, 0) is 0 Å². The maximum atomic E-state index is 14.5. The number of benzene rings is 1. The first-order chi connectivity index (χ1) is 13.9. The van der Waals surface area contributed by atoms with Crippen molar-refractivity contribution in [1.82, 2.24) is 0 Å². The van der Waals surface area contributed by atoms with Crippen LogP contribution < -0.4 is 4.74 Å². The lowest BCUT2D eigenvalue weighted by atomic mass is 9.68. The summed E-state index contributed by atoms with van der Waals surface area (Å²) >= 11 is 0. The van der Waals surface area contributed by atoms with Crippen molar-refractivity contribution in [1.29, 1.82) is 0 Å². The number of halogens is 3. The van der Waals surface area contributed by atoms with Crippen LogP contribution in [0.25, 0.3) is 0 Å². The number of rotatable bonds is 7. The van der Waals surface area contributed by atoms with Gasteiger partial charge in [0.25, 0.3) is 6.43 Å². The van der Waals surface area contributed by atoms with E-state index in [1.165, 1.54) is 37.8 Å². The summed E-state index contributed by atoms with van der Waals surface area (Å²) in [4.78, 5) is 0. The normalized spacial score (nSPS) is 29.1. The van der Waals surface area contributed by atoms with Crippen molar-refractivity contribution in [2.24, 2.45) is 23.7 Å². The smallest absolute Gasteiger partial charge is 0.267 e. The van der Waals surface area contributed by atoms with Crippen molar-refractivity contribution >= 4 is 0 Å². The molecule has 2 aliphatic carbocycles. The van der Waals surface area contributed by atoms with E-state index in [-0.39, 0.29) is 17.9 Å². The van der Waals surface area contributed by atoms with Gasteiger partial charge in [-0.3, -0.25) is 0 Å². The Kier molecular flexibility index (Phi) is 7.89. The van der Waals surface area contributed by atoms with Crippen LogP contribution in [0.2, 0.25) is 0 Å². The Morgan fingerprint density at radius 3 is 2.14 bits per heavy atom. The molecule has 1 aromatic carbocycles. The van der Waals surface area contributed by atoms with Crippen LogP contribution in [0.4, 0.5) is 13.2 Å². The Hall–Kier alpha value is -1.23. The molecule has 2 saturated carbocycles. The third kappa shape index (κ3) is 5.48. The Labute approximate surface area is 172 Å². The first kappa shape index (κ1) is 22.5. The second-order valence-corrected chi connectivity index (χ2v) is 9.17. The van der Waals surface area contributed by atoms with Gasteiger partial charge in [0.05, 0.1) is 18.3 Å². The van der Waals surface area contributed by atoms with E-state index < -0.39 is 23.9 Å². The molecule has 2 aliphatic rings. The molecule has 0 radical (unpaired) electrons. The molecule has 0 spiro atoms. The van der Waals surface area contributed by atoms with Gasteiger partial charge in [0, 0.05) is 0 Å². The number of alkyl halides is 2. The Morgan fingerprint density at radius 1 is 1.00 bits per heavy atom. The van der Waals surface area contributed by atoms with E-state index in [2.05, 4.69) is 6.92 Å². The second kappa shape index (κ2) is 10.2. The molecule has 1 unspecified atom stereocenters. The quantitative estimate of drug-likeness (QED) is 0.512. The zero-order valence-electron chi connectivity index (χ0n) is 17.7. The highest BCUT2D eigenvalue weighted by Crippen LogP contribution is 2.44. The van der Waals surface area contributed by atoms with Crippen molar-refractivity contribution in [3.63, 3.8) is 0 Å². The fraction of sp³-hybridized carbons (Fsp3) is 0.750. The van der Waals surface area contributed by atoms with Crippen LogP contribution in [0.3, 0.4) is 0 Å². The lowest BCUT2D eigenvalue weighted by Crippen LogP contribution is -2.26. The van der Waals surface area contributed by atoms with Gasteiger partial charge in [0.1, 0.15) is 0 Å². The summed E-state index contributed by atoms with van der Waals surface area (Å²) in [7, 11) is 0. The minimum absolute atomic E-state index is 0.00402. The van der Waals surface area contributed by atoms with Crippen molar-refractivity contribution in [3.05, 3.63) is 29.1 Å². The average molecular weight is 413 g/mol. The summed E-state index contributed by atoms with van der Waals surface area (Å²) in [5.41, 5.74) is -0.710. The minimum atomic E-state index is -2.98. The highest BCUT2D eigenvalue weighted by molar-refractivity contribution is 5.39. The van der Waals surface area contributed by atoms with Gasteiger partial charge in [0.2, 0.25) is 0 Å². The van der Waals surface area contributed by atoms with Gasteiger partial charge in [-0.05, 0) is 74.3 Å². The van der Waals surface area contributed by atoms with Crippen LogP contribution in [0.1, 0.15) is 95.3 Å². The highest BCUT2D eigenvalue weighted by Gasteiger charge is 2.32. The van der Waals surface area contributed by atoms with Crippen LogP contribution in [0.15, 0.2) is 12.1 Å². The maximum absolute atomic E-state index is 14.5. The molecular formula is C24H35F3O2. The Balaban J connectivity index is 1.59. The molecule has 0 saturated heterocycles. The number of aliphatic hydroxyl groups excluding tert-OH is 1. The summed E-state index contributed by atoms with van der Waals surface area (Å²) in [6, 6.07) is 2.75. The topological polar surface area (TPSA) is 29.5 Å². The van der Waals surface area contributed by atoms with E-state index in [0.717, 1.165) is 43.4 Å². The largest absolute Gasteiger partial charge is 0.491 e. The fourth-order valence-electron chi connectivity index (χ4n) is 5.46. The van der Waals surface area contributed by atoms with E-state index >= 15 is 0 Å². The van der Waals surface area contributed by atoms with Crippen LogP contribution in [-0.4, -0.2) is 11.7 Å². The molecule has 2 nitrogen and oxygen atoms in total. The van der Waals surface area contributed by atoms with Crippen molar-refractivity contribution in [2.45, 2.75) is 84.2 Å². The summed E-state index contributed by atoms with van der Waals surface area (Å²) in [5, 5.41) is 10.7. The lowest BCUT2D eigenvalue weighted by Gasteiger charge is -2.37. The SMILES string of the molecule is CCOc1ccc(C(O)CC2CCC(C3CCC(C)CC3)CC2)c(C(F)F)c1F. The predicted octanol–water partition coefficient (Wildman–Crippen LogP) is 7.22. The molecule has 3 rings (SSSR count).